The van der Waals surface area contributed by atoms with Gasteiger partial charge in [-0.15, -0.1) is 0 Å². The Bertz CT molecular complexity index is 416. The van der Waals surface area contributed by atoms with Crippen LogP contribution >= 0.6 is 0 Å². The van der Waals surface area contributed by atoms with Crippen LogP contribution in [0.3, 0.4) is 0 Å². The van der Waals surface area contributed by atoms with Gasteiger partial charge in [0.05, 0.1) is 0 Å². The van der Waals surface area contributed by atoms with Crippen molar-refractivity contribution >= 4 is 11.6 Å². The van der Waals surface area contributed by atoms with E-state index >= 15 is 0 Å². The van der Waals surface area contributed by atoms with Crippen LogP contribution in [0.2, 0.25) is 0 Å². The minimum absolute atomic E-state index is 0.479. The lowest BCUT2D eigenvalue weighted by Crippen LogP contribution is -2.33. The van der Waals surface area contributed by atoms with Crippen molar-refractivity contribution in [3.05, 3.63) is 11.9 Å². The van der Waals surface area contributed by atoms with Crippen molar-refractivity contribution in [3.63, 3.8) is 0 Å². The summed E-state index contributed by atoms with van der Waals surface area (Å²) in [6.07, 6.45) is 2.47. The van der Waals surface area contributed by atoms with E-state index in [9.17, 15) is 0 Å². The van der Waals surface area contributed by atoms with Gasteiger partial charge in [0.1, 0.15) is 18.2 Å². The lowest BCUT2D eigenvalue weighted by Gasteiger charge is -2.31. The Morgan fingerprint density at radius 2 is 2.05 bits per heavy atom. The van der Waals surface area contributed by atoms with Crippen LogP contribution < -0.4 is 10.2 Å². The minimum Gasteiger partial charge on any atom is -0.374 e. The van der Waals surface area contributed by atoms with Crippen LogP contribution in [0.4, 0.5) is 11.6 Å². The van der Waals surface area contributed by atoms with Crippen molar-refractivity contribution in [1.29, 1.82) is 0 Å². The van der Waals surface area contributed by atoms with Crippen molar-refractivity contribution in [1.82, 2.24) is 9.97 Å². The van der Waals surface area contributed by atoms with E-state index in [0.29, 0.717) is 13.2 Å². The topological polar surface area (TPSA) is 50.3 Å². The lowest BCUT2D eigenvalue weighted by molar-refractivity contribution is 0.128. The van der Waals surface area contributed by atoms with Crippen molar-refractivity contribution in [2.45, 2.75) is 40.2 Å². The van der Waals surface area contributed by atoms with Gasteiger partial charge in [0.25, 0.3) is 0 Å². The molecule has 1 saturated heterocycles. The van der Waals surface area contributed by atoms with Gasteiger partial charge in [0.15, 0.2) is 5.82 Å². The minimum atomic E-state index is 0.479. The van der Waals surface area contributed by atoms with Crippen LogP contribution in [0.15, 0.2) is 6.07 Å². The van der Waals surface area contributed by atoms with E-state index in [1.54, 1.807) is 0 Å². The number of nitrogens with one attached hydrogen (secondary N) is 1. The predicted octanol–water partition coefficient (Wildman–Crippen LogP) is 2.68. The van der Waals surface area contributed by atoms with E-state index in [4.69, 9.17) is 4.74 Å². The molecule has 1 aliphatic heterocycles. The third-order valence-corrected chi connectivity index (χ3v) is 3.66. The molecule has 0 unspecified atom stereocenters. The number of nitrogens with zero attached hydrogens (tertiary/aromatic N) is 3. The highest BCUT2D eigenvalue weighted by molar-refractivity contribution is 5.49. The quantitative estimate of drug-likeness (QED) is 0.867. The van der Waals surface area contributed by atoms with Gasteiger partial charge in [0.2, 0.25) is 0 Å². The number of aromatic nitrogens is 2. The molecular formula is C15H26N4O. The lowest BCUT2D eigenvalue weighted by atomic mass is 9.99. The van der Waals surface area contributed by atoms with Crippen molar-refractivity contribution in [2.24, 2.45) is 5.92 Å². The molecule has 1 fully saturated rings. The first kappa shape index (κ1) is 15.0. The Morgan fingerprint density at radius 1 is 1.30 bits per heavy atom. The fraction of sp³-hybridized carbons (Fsp3) is 0.733. The van der Waals surface area contributed by atoms with Crippen molar-refractivity contribution in [2.75, 3.05) is 36.5 Å². The molecule has 1 aliphatic rings. The summed E-state index contributed by atoms with van der Waals surface area (Å²) in [6.45, 7) is 10.6. The second-order valence-corrected chi connectivity index (χ2v) is 5.36. The zero-order valence-electron chi connectivity index (χ0n) is 12.9. The van der Waals surface area contributed by atoms with Gasteiger partial charge < -0.3 is 15.0 Å². The number of rotatable bonds is 6. The molecule has 0 radical (unpaired) electrons. The van der Waals surface area contributed by atoms with E-state index in [2.05, 4.69) is 40.1 Å². The standard InChI is InChI=1S/C15H26N4O/c1-4-16-13-10-15(18-14(17-13)11-20-5-2)19-8-6-12(3)7-9-19/h10,12H,4-9,11H2,1-3H3,(H,16,17,18). The summed E-state index contributed by atoms with van der Waals surface area (Å²) < 4.78 is 5.44. The molecule has 2 rings (SSSR count). The highest BCUT2D eigenvalue weighted by Crippen LogP contribution is 2.23. The summed E-state index contributed by atoms with van der Waals surface area (Å²) in [4.78, 5) is 11.5. The maximum atomic E-state index is 5.44. The van der Waals surface area contributed by atoms with Gasteiger partial charge in [-0.2, -0.15) is 0 Å². The van der Waals surface area contributed by atoms with Crippen LogP contribution in [0.25, 0.3) is 0 Å². The van der Waals surface area contributed by atoms with Gasteiger partial charge >= 0.3 is 0 Å². The van der Waals surface area contributed by atoms with Crippen LogP contribution in [-0.4, -0.2) is 36.2 Å². The van der Waals surface area contributed by atoms with Crippen molar-refractivity contribution in [3.8, 4) is 0 Å². The molecule has 1 N–H and O–H groups in total. The molecule has 1 aromatic heterocycles. The zero-order valence-corrected chi connectivity index (χ0v) is 12.9. The summed E-state index contributed by atoms with van der Waals surface area (Å²) in [5, 5.41) is 3.28. The monoisotopic (exact) mass is 278 g/mol. The average molecular weight is 278 g/mol. The summed E-state index contributed by atoms with van der Waals surface area (Å²) in [6, 6.07) is 2.05. The molecule has 5 nitrogen and oxygen atoms in total. The Balaban J connectivity index is 2.15. The Morgan fingerprint density at radius 3 is 2.70 bits per heavy atom. The normalized spacial score (nSPS) is 16.4. The molecule has 20 heavy (non-hydrogen) atoms. The Labute approximate surface area is 121 Å². The zero-order chi connectivity index (χ0) is 14.4. The largest absolute Gasteiger partial charge is 0.374 e. The first-order chi connectivity index (χ1) is 9.72. The molecular weight excluding hydrogens is 252 g/mol. The van der Waals surface area contributed by atoms with Gasteiger partial charge in [-0.25, -0.2) is 9.97 Å². The van der Waals surface area contributed by atoms with Crippen LogP contribution in [0, 0.1) is 5.92 Å². The van der Waals surface area contributed by atoms with Crippen LogP contribution in [0.1, 0.15) is 39.4 Å². The third kappa shape index (κ3) is 4.07. The second kappa shape index (κ2) is 7.43. The fourth-order valence-corrected chi connectivity index (χ4v) is 2.41. The van der Waals surface area contributed by atoms with E-state index in [-0.39, 0.29) is 0 Å². The van der Waals surface area contributed by atoms with E-state index in [1.165, 1.54) is 12.8 Å². The van der Waals surface area contributed by atoms with Gasteiger partial charge in [-0.3, -0.25) is 0 Å². The van der Waals surface area contributed by atoms with Gasteiger partial charge in [0, 0.05) is 32.3 Å². The SMILES string of the molecule is CCNc1cc(N2CCC(C)CC2)nc(COCC)n1. The smallest absolute Gasteiger partial charge is 0.158 e. The number of hydrogen-bond acceptors (Lipinski definition) is 5. The molecule has 2 heterocycles. The Hall–Kier alpha value is -1.36. The second-order valence-electron chi connectivity index (χ2n) is 5.36. The molecule has 0 atom stereocenters. The molecule has 0 amide bonds. The molecule has 0 spiro atoms. The highest BCUT2D eigenvalue weighted by atomic mass is 16.5. The van der Waals surface area contributed by atoms with Gasteiger partial charge in [-0.1, -0.05) is 6.92 Å². The number of anilines is 2. The van der Waals surface area contributed by atoms with Crippen LogP contribution in [-0.2, 0) is 11.3 Å². The summed E-state index contributed by atoms with van der Waals surface area (Å²) >= 11 is 0. The maximum absolute atomic E-state index is 5.44. The van der Waals surface area contributed by atoms with E-state index in [1.807, 2.05) is 6.92 Å². The van der Waals surface area contributed by atoms with Crippen molar-refractivity contribution < 1.29 is 4.74 Å². The van der Waals surface area contributed by atoms with E-state index < -0.39 is 0 Å². The number of hydrogen-bond donors (Lipinski definition) is 1. The number of piperidine rings is 1. The van der Waals surface area contributed by atoms with Gasteiger partial charge in [-0.05, 0) is 32.6 Å². The van der Waals surface area contributed by atoms with E-state index in [0.717, 1.165) is 43.0 Å². The summed E-state index contributed by atoms with van der Waals surface area (Å²) in [7, 11) is 0. The van der Waals surface area contributed by atoms with Crippen LogP contribution in [0.5, 0.6) is 0 Å². The predicted molar refractivity (Wildman–Crippen MR) is 82.1 cm³/mol. The Kier molecular flexibility index (Phi) is 5.59. The molecule has 0 bridgehead atoms. The number of ether oxygens (including phenoxy) is 1. The molecule has 0 aliphatic carbocycles. The third-order valence-electron chi connectivity index (χ3n) is 3.66. The molecule has 0 saturated carbocycles. The molecule has 1 aromatic rings. The fourth-order valence-electron chi connectivity index (χ4n) is 2.41. The summed E-state index contributed by atoms with van der Waals surface area (Å²) in [5.74, 6) is 3.51. The molecule has 112 valence electrons. The first-order valence-electron chi connectivity index (χ1n) is 7.67. The summed E-state index contributed by atoms with van der Waals surface area (Å²) in [5.41, 5.74) is 0. The first-order valence-corrected chi connectivity index (χ1v) is 7.67. The highest BCUT2D eigenvalue weighted by Gasteiger charge is 2.18. The molecule has 5 heteroatoms. The average Bonchev–Trinajstić information content (AvgIpc) is 2.46. The maximum Gasteiger partial charge on any atom is 0.158 e. The molecule has 0 aromatic carbocycles.